The SMILES string of the molecule is CC(C)[C@@H](N)C(=O)Cc1cccc2ccccc12. The van der Waals surface area contributed by atoms with Crippen LogP contribution in [0.4, 0.5) is 0 Å². The maximum absolute atomic E-state index is 12.1. The molecule has 0 fully saturated rings. The molecule has 0 bridgehead atoms. The van der Waals surface area contributed by atoms with E-state index in [1.54, 1.807) is 0 Å². The van der Waals surface area contributed by atoms with E-state index in [2.05, 4.69) is 18.2 Å². The van der Waals surface area contributed by atoms with Crippen molar-refractivity contribution in [3.05, 3.63) is 48.0 Å². The van der Waals surface area contributed by atoms with E-state index in [1.165, 1.54) is 5.39 Å². The fourth-order valence-electron chi connectivity index (χ4n) is 2.12. The van der Waals surface area contributed by atoms with E-state index >= 15 is 0 Å². The van der Waals surface area contributed by atoms with Crippen LogP contribution in [0.15, 0.2) is 42.5 Å². The molecule has 0 saturated heterocycles. The molecule has 0 amide bonds. The molecule has 0 aliphatic carbocycles. The molecule has 0 aliphatic rings. The van der Waals surface area contributed by atoms with E-state index in [-0.39, 0.29) is 17.7 Å². The van der Waals surface area contributed by atoms with Crippen LogP contribution in [0.3, 0.4) is 0 Å². The van der Waals surface area contributed by atoms with E-state index < -0.39 is 0 Å². The first kappa shape index (κ1) is 12.8. The fraction of sp³-hybridized carbons (Fsp3) is 0.312. The molecular formula is C16H19NO. The van der Waals surface area contributed by atoms with E-state index in [4.69, 9.17) is 5.73 Å². The Morgan fingerprint density at radius 3 is 2.50 bits per heavy atom. The van der Waals surface area contributed by atoms with Gasteiger partial charge in [0.2, 0.25) is 0 Å². The molecular weight excluding hydrogens is 222 g/mol. The summed E-state index contributed by atoms with van der Waals surface area (Å²) in [4.78, 5) is 12.1. The van der Waals surface area contributed by atoms with Gasteiger partial charge in [0.05, 0.1) is 6.04 Å². The number of hydrogen-bond donors (Lipinski definition) is 1. The summed E-state index contributed by atoms with van der Waals surface area (Å²) in [6.45, 7) is 3.96. The second-order valence-corrected chi connectivity index (χ2v) is 5.05. The van der Waals surface area contributed by atoms with Gasteiger partial charge in [-0.25, -0.2) is 0 Å². The van der Waals surface area contributed by atoms with Gasteiger partial charge in [-0.15, -0.1) is 0 Å². The number of ketones is 1. The molecule has 1 atom stereocenters. The Morgan fingerprint density at radius 2 is 1.78 bits per heavy atom. The minimum Gasteiger partial charge on any atom is -0.321 e. The first-order valence-corrected chi connectivity index (χ1v) is 6.34. The van der Waals surface area contributed by atoms with E-state index in [1.807, 2.05) is 38.1 Å². The number of carbonyl (C=O) groups excluding carboxylic acids is 1. The number of hydrogen-bond acceptors (Lipinski definition) is 2. The largest absolute Gasteiger partial charge is 0.321 e. The van der Waals surface area contributed by atoms with Crippen LogP contribution in [-0.2, 0) is 11.2 Å². The third-order valence-corrected chi connectivity index (χ3v) is 3.33. The summed E-state index contributed by atoms with van der Waals surface area (Å²) < 4.78 is 0. The van der Waals surface area contributed by atoms with Crippen LogP contribution in [0.1, 0.15) is 19.4 Å². The summed E-state index contributed by atoms with van der Waals surface area (Å²) in [5, 5.41) is 2.31. The minimum absolute atomic E-state index is 0.112. The minimum atomic E-state index is -0.371. The van der Waals surface area contributed by atoms with E-state index in [9.17, 15) is 4.79 Å². The summed E-state index contributed by atoms with van der Waals surface area (Å²) in [7, 11) is 0. The molecule has 0 heterocycles. The average Bonchev–Trinajstić information content (AvgIpc) is 2.38. The number of Topliss-reactive ketones (excluding diaryl/α,β-unsaturated/α-hetero) is 1. The summed E-state index contributed by atoms with van der Waals surface area (Å²) in [6.07, 6.45) is 0.417. The second kappa shape index (κ2) is 5.32. The van der Waals surface area contributed by atoms with Crippen molar-refractivity contribution in [3.8, 4) is 0 Å². The third kappa shape index (κ3) is 2.59. The molecule has 0 radical (unpaired) electrons. The van der Waals surface area contributed by atoms with Crippen LogP contribution in [-0.4, -0.2) is 11.8 Å². The number of rotatable bonds is 4. The second-order valence-electron chi connectivity index (χ2n) is 5.05. The van der Waals surface area contributed by atoms with Crippen LogP contribution in [0.2, 0.25) is 0 Å². The van der Waals surface area contributed by atoms with Crippen molar-refractivity contribution in [2.45, 2.75) is 26.3 Å². The Labute approximate surface area is 108 Å². The zero-order chi connectivity index (χ0) is 13.1. The molecule has 0 saturated carbocycles. The molecule has 2 rings (SSSR count). The first-order valence-electron chi connectivity index (χ1n) is 6.34. The molecule has 2 aromatic carbocycles. The van der Waals surface area contributed by atoms with Crippen LogP contribution in [0, 0.1) is 5.92 Å². The summed E-state index contributed by atoms with van der Waals surface area (Å²) in [5.74, 6) is 0.300. The molecule has 0 aliphatic heterocycles. The number of nitrogens with two attached hydrogens (primary N) is 1. The lowest BCUT2D eigenvalue weighted by atomic mass is 9.94. The molecule has 0 unspecified atom stereocenters. The van der Waals surface area contributed by atoms with Crippen LogP contribution < -0.4 is 5.73 Å². The third-order valence-electron chi connectivity index (χ3n) is 3.33. The van der Waals surface area contributed by atoms with Crippen molar-refractivity contribution in [1.82, 2.24) is 0 Å². The van der Waals surface area contributed by atoms with Gasteiger partial charge >= 0.3 is 0 Å². The average molecular weight is 241 g/mol. The maximum Gasteiger partial charge on any atom is 0.154 e. The number of benzene rings is 2. The lowest BCUT2D eigenvalue weighted by molar-refractivity contribution is -0.120. The Balaban J connectivity index is 2.30. The Hall–Kier alpha value is -1.67. The molecule has 0 spiro atoms. The number of fused-ring (bicyclic) bond motifs is 1. The predicted molar refractivity (Wildman–Crippen MR) is 75.5 cm³/mol. The molecule has 18 heavy (non-hydrogen) atoms. The zero-order valence-corrected chi connectivity index (χ0v) is 10.9. The van der Waals surface area contributed by atoms with E-state index in [0.717, 1.165) is 10.9 Å². The summed E-state index contributed by atoms with van der Waals surface area (Å²) in [6, 6.07) is 13.8. The quantitative estimate of drug-likeness (QED) is 0.894. The topological polar surface area (TPSA) is 43.1 Å². The highest BCUT2D eigenvalue weighted by atomic mass is 16.1. The molecule has 2 N–H and O–H groups in total. The van der Waals surface area contributed by atoms with Crippen molar-refractivity contribution >= 4 is 16.6 Å². The Kier molecular flexibility index (Phi) is 3.78. The molecule has 0 aromatic heterocycles. The van der Waals surface area contributed by atoms with Gasteiger partial charge in [-0.3, -0.25) is 4.79 Å². The lowest BCUT2D eigenvalue weighted by Crippen LogP contribution is -2.36. The monoisotopic (exact) mass is 241 g/mol. The van der Waals surface area contributed by atoms with Gasteiger partial charge in [-0.05, 0) is 22.3 Å². The van der Waals surface area contributed by atoms with Gasteiger partial charge in [0.1, 0.15) is 0 Å². The smallest absolute Gasteiger partial charge is 0.154 e. The van der Waals surface area contributed by atoms with Crippen molar-refractivity contribution in [2.24, 2.45) is 11.7 Å². The van der Waals surface area contributed by atoms with Gasteiger partial charge in [-0.2, -0.15) is 0 Å². The molecule has 94 valence electrons. The van der Waals surface area contributed by atoms with Crippen LogP contribution in [0.25, 0.3) is 10.8 Å². The Bertz CT molecular complexity index is 555. The Morgan fingerprint density at radius 1 is 1.11 bits per heavy atom. The van der Waals surface area contributed by atoms with Crippen molar-refractivity contribution < 1.29 is 4.79 Å². The van der Waals surface area contributed by atoms with Crippen molar-refractivity contribution in [2.75, 3.05) is 0 Å². The van der Waals surface area contributed by atoms with E-state index in [0.29, 0.717) is 6.42 Å². The van der Waals surface area contributed by atoms with Crippen molar-refractivity contribution in [3.63, 3.8) is 0 Å². The lowest BCUT2D eigenvalue weighted by Gasteiger charge is -2.14. The highest BCUT2D eigenvalue weighted by Crippen LogP contribution is 2.19. The highest BCUT2D eigenvalue weighted by molar-refractivity contribution is 5.92. The molecule has 2 heteroatoms. The predicted octanol–water partition coefficient (Wildman–Crippen LogP) is 2.93. The molecule has 2 nitrogen and oxygen atoms in total. The van der Waals surface area contributed by atoms with Gasteiger partial charge in [0.25, 0.3) is 0 Å². The maximum atomic E-state index is 12.1. The zero-order valence-electron chi connectivity index (χ0n) is 10.9. The van der Waals surface area contributed by atoms with Crippen LogP contribution in [0.5, 0.6) is 0 Å². The van der Waals surface area contributed by atoms with Gasteiger partial charge in [0.15, 0.2) is 5.78 Å². The summed E-state index contributed by atoms with van der Waals surface area (Å²) in [5.41, 5.74) is 6.97. The van der Waals surface area contributed by atoms with Gasteiger partial charge in [0, 0.05) is 6.42 Å². The normalized spacial score (nSPS) is 12.9. The highest BCUT2D eigenvalue weighted by Gasteiger charge is 2.18. The summed E-state index contributed by atoms with van der Waals surface area (Å²) >= 11 is 0. The fourth-order valence-corrected chi connectivity index (χ4v) is 2.12. The standard InChI is InChI=1S/C16H19NO/c1-11(2)16(17)15(18)10-13-8-5-7-12-6-3-4-9-14(12)13/h3-9,11,16H,10,17H2,1-2H3/t16-/m1/s1. The van der Waals surface area contributed by atoms with Gasteiger partial charge in [-0.1, -0.05) is 56.3 Å². The molecule has 2 aromatic rings. The van der Waals surface area contributed by atoms with Crippen LogP contribution >= 0.6 is 0 Å². The van der Waals surface area contributed by atoms with Crippen molar-refractivity contribution in [1.29, 1.82) is 0 Å². The van der Waals surface area contributed by atoms with Gasteiger partial charge < -0.3 is 5.73 Å². The first-order chi connectivity index (χ1) is 8.59. The number of carbonyl (C=O) groups is 1.